The maximum atomic E-state index is 12.9. The van der Waals surface area contributed by atoms with Crippen LogP contribution in [0.4, 0.5) is 0 Å². The molecule has 6 nitrogen and oxygen atoms in total. The van der Waals surface area contributed by atoms with E-state index < -0.39 is 5.54 Å². The van der Waals surface area contributed by atoms with Crippen LogP contribution in [0.1, 0.15) is 45.7 Å². The summed E-state index contributed by atoms with van der Waals surface area (Å²) in [7, 11) is 0. The number of carbonyl (C=O) groups excluding carboxylic acids is 2. The molecule has 1 unspecified atom stereocenters. The summed E-state index contributed by atoms with van der Waals surface area (Å²) in [6.45, 7) is 6.29. The lowest BCUT2D eigenvalue weighted by Crippen LogP contribution is -2.57. The number of nitrogens with two attached hydrogens (primary N) is 1. The van der Waals surface area contributed by atoms with Gasteiger partial charge in [0.2, 0.25) is 5.91 Å². The second-order valence-electron chi connectivity index (χ2n) is 6.47. The SMILES string of the molecule is CCC(=O)[C@H]1CC(CC)CN1C(=O)[C@](C)(N)Cc1cnc[nH]1. The molecule has 122 valence electrons. The predicted molar refractivity (Wildman–Crippen MR) is 84.1 cm³/mol. The van der Waals surface area contributed by atoms with Crippen LogP contribution in [0.25, 0.3) is 0 Å². The van der Waals surface area contributed by atoms with Crippen molar-refractivity contribution >= 4 is 11.7 Å². The molecule has 1 aromatic rings. The van der Waals surface area contributed by atoms with Crippen molar-refractivity contribution in [1.82, 2.24) is 14.9 Å². The van der Waals surface area contributed by atoms with Gasteiger partial charge in [-0.2, -0.15) is 0 Å². The predicted octanol–water partition coefficient (Wildman–Crippen LogP) is 1.28. The van der Waals surface area contributed by atoms with Crippen LogP contribution in [0.3, 0.4) is 0 Å². The van der Waals surface area contributed by atoms with Gasteiger partial charge in [0.15, 0.2) is 5.78 Å². The van der Waals surface area contributed by atoms with Crippen molar-refractivity contribution < 1.29 is 9.59 Å². The molecule has 1 amide bonds. The Hall–Kier alpha value is -1.69. The minimum absolute atomic E-state index is 0.127. The summed E-state index contributed by atoms with van der Waals surface area (Å²) < 4.78 is 0. The molecule has 3 N–H and O–H groups in total. The molecule has 2 rings (SSSR count). The molecule has 3 atom stereocenters. The number of aromatic nitrogens is 2. The third-order valence-electron chi connectivity index (χ3n) is 4.55. The highest BCUT2D eigenvalue weighted by Gasteiger charge is 2.43. The van der Waals surface area contributed by atoms with Crippen LogP contribution >= 0.6 is 0 Å². The summed E-state index contributed by atoms with van der Waals surface area (Å²) in [5, 5.41) is 0. The molecule has 1 fully saturated rings. The number of Topliss-reactive ketones (excluding diaryl/α,β-unsaturated/α-hetero) is 1. The average Bonchev–Trinajstić information content (AvgIpc) is 3.14. The van der Waals surface area contributed by atoms with Gasteiger partial charge < -0.3 is 15.6 Å². The Morgan fingerprint density at radius 3 is 2.77 bits per heavy atom. The molecule has 1 saturated heterocycles. The molecule has 6 heteroatoms. The number of nitrogens with zero attached hydrogens (tertiary/aromatic N) is 2. The summed E-state index contributed by atoms with van der Waals surface area (Å²) in [5.74, 6) is 0.360. The van der Waals surface area contributed by atoms with E-state index in [1.807, 2.05) is 6.92 Å². The first-order valence-electron chi connectivity index (χ1n) is 7.99. The standard InChI is InChI=1S/C16H26N4O2/c1-4-11-6-13(14(21)5-2)20(9-11)15(22)16(3,17)7-12-8-18-10-19-12/h8,10-11,13H,4-7,9,17H2,1-3H3,(H,18,19)/t11?,13-,16-/m1/s1. The molecule has 1 aromatic heterocycles. The molecule has 22 heavy (non-hydrogen) atoms. The third kappa shape index (κ3) is 3.38. The second kappa shape index (κ2) is 6.60. The quantitative estimate of drug-likeness (QED) is 0.828. The fraction of sp³-hybridized carbons (Fsp3) is 0.688. The summed E-state index contributed by atoms with van der Waals surface area (Å²) in [6, 6.07) is -0.313. The van der Waals surface area contributed by atoms with Crippen LogP contribution in [0.2, 0.25) is 0 Å². The first-order valence-corrected chi connectivity index (χ1v) is 7.99. The normalized spacial score (nSPS) is 24.3. The van der Waals surface area contributed by atoms with Crippen molar-refractivity contribution in [3.05, 3.63) is 18.2 Å². The van der Waals surface area contributed by atoms with Gasteiger partial charge in [-0.1, -0.05) is 20.3 Å². The molecule has 0 bridgehead atoms. The largest absolute Gasteiger partial charge is 0.348 e. The van der Waals surface area contributed by atoms with Gasteiger partial charge in [-0.05, 0) is 19.3 Å². The molecule has 0 saturated carbocycles. The van der Waals surface area contributed by atoms with Gasteiger partial charge in [0.25, 0.3) is 0 Å². The smallest absolute Gasteiger partial charge is 0.243 e. The van der Waals surface area contributed by atoms with Gasteiger partial charge in [0, 0.05) is 31.3 Å². The van der Waals surface area contributed by atoms with Crippen molar-refractivity contribution in [1.29, 1.82) is 0 Å². The minimum atomic E-state index is -1.04. The number of rotatable bonds is 6. The van der Waals surface area contributed by atoms with Crippen LogP contribution < -0.4 is 5.73 Å². The number of hydrogen-bond donors (Lipinski definition) is 2. The highest BCUT2D eigenvalue weighted by Crippen LogP contribution is 2.29. The fourth-order valence-corrected chi connectivity index (χ4v) is 3.16. The van der Waals surface area contributed by atoms with E-state index in [0.717, 1.165) is 18.5 Å². The van der Waals surface area contributed by atoms with E-state index in [-0.39, 0.29) is 17.7 Å². The van der Waals surface area contributed by atoms with Gasteiger partial charge >= 0.3 is 0 Å². The third-order valence-corrected chi connectivity index (χ3v) is 4.55. The molecule has 2 heterocycles. The maximum Gasteiger partial charge on any atom is 0.243 e. The highest BCUT2D eigenvalue weighted by atomic mass is 16.2. The van der Waals surface area contributed by atoms with Gasteiger partial charge in [-0.25, -0.2) is 4.98 Å². The van der Waals surface area contributed by atoms with Crippen LogP contribution in [0.5, 0.6) is 0 Å². The monoisotopic (exact) mass is 306 g/mol. The Morgan fingerprint density at radius 2 is 2.23 bits per heavy atom. The zero-order valence-corrected chi connectivity index (χ0v) is 13.6. The Kier molecular flexibility index (Phi) is 5.01. The lowest BCUT2D eigenvalue weighted by atomic mass is 9.94. The number of ketones is 1. The van der Waals surface area contributed by atoms with E-state index >= 15 is 0 Å². The molecule has 0 aromatic carbocycles. The molecular formula is C16H26N4O2. The number of aromatic amines is 1. The van der Waals surface area contributed by atoms with Crippen LogP contribution in [0.15, 0.2) is 12.5 Å². The lowest BCUT2D eigenvalue weighted by Gasteiger charge is -2.32. The Morgan fingerprint density at radius 1 is 1.50 bits per heavy atom. The topological polar surface area (TPSA) is 92.1 Å². The average molecular weight is 306 g/mol. The number of H-pyrrole nitrogens is 1. The summed E-state index contributed by atoms with van der Waals surface area (Å²) in [6.07, 6.45) is 5.81. The first kappa shape index (κ1) is 16.7. The van der Waals surface area contributed by atoms with Crippen molar-refractivity contribution in [2.24, 2.45) is 11.7 Å². The molecule has 1 aliphatic rings. The molecule has 0 aliphatic carbocycles. The molecule has 1 aliphatic heterocycles. The van der Waals surface area contributed by atoms with Crippen LogP contribution in [0, 0.1) is 5.92 Å². The number of carbonyl (C=O) groups is 2. The van der Waals surface area contributed by atoms with Gasteiger partial charge in [-0.3, -0.25) is 9.59 Å². The van der Waals surface area contributed by atoms with E-state index in [1.165, 1.54) is 0 Å². The number of nitrogens with one attached hydrogen (secondary N) is 1. The van der Waals surface area contributed by atoms with Crippen molar-refractivity contribution in [3.63, 3.8) is 0 Å². The fourth-order valence-electron chi connectivity index (χ4n) is 3.16. The van der Waals surface area contributed by atoms with Crippen LogP contribution in [-0.2, 0) is 16.0 Å². The van der Waals surface area contributed by atoms with Crippen molar-refractivity contribution in [3.8, 4) is 0 Å². The van der Waals surface area contributed by atoms with Crippen molar-refractivity contribution in [2.75, 3.05) is 6.54 Å². The highest BCUT2D eigenvalue weighted by molar-refractivity contribution is 5.93. The molecule has 0 spiro atoms. The Balaban J connectivity index is 2.16. The number of likely N-dealkylation sites (tertiary alicyclic amines) is 1. The number of amides is 1. The van der Waals surface area contributed by atoms with Gasteiger partial charge in [0.05, 0.1) is 17.9 Å². The number of imidazole rings is 1. The van der Waals surface area contributed by atoms with E-state index in [1.54, 1.807) is 24.3 Å². The van der Waals surface area contributed by atoms with E-state index in [4.69, 9.17) is 5.73 Å². The van der Waals surface area contributed by atoms with Gasteiger partial charge in [-0.15, -0.1) is 0 Å². The second-order valence-corrected chi connectivity index (χ2v) is 6.47. The first-order chi connectivity index (χ1) is 10.4. The van der Waals surface area contributed by atoms with E-state index in [2.05, 4.69) is 16.9 Å². The zero-order valence-electron chi connectivity index (χ0n) is 13.6. The zero-order chi connectivity index (χ0) is 16.3. The Bertz CT molecular complexity index is 524. The minimum Gasteiger partial charge on any atom is -0.348 e. The maximum absolute atomic E-state index is 12.9. The van der Waals surface area contributed by atoms with E-state index in [9.17, 15) is 9.59 Å². The molecular weight excluding hydrogens is 280 g/mol. The number of hydrogen-bond acceptors (Lipinski definition) is 4. The Labute approximate surface area is 131 Å². The molecule has 0 radical (unpaired) electrons. The summed E-state index contributed by atoms with van der Waals surface area (Å²) >= 11 is 0. The lowest BCUT2D eigenvalue weighted by molar-refractivity contribution is -0.141. The summed E-state index contributed by atoms with van der Waals surface area (Å²) in [5.41, 5.74) is 6.05. The van der Waals surface area contributed by atoms with Crippen LogP contribution in [-0.4, -0.2) is 44.7 Å². The van der Waals surface area contributed by atoms with E-state index in [0.29, 0.717) is 25.3 Å². The van der Waals surface area contributed by atoms with Gasteiger partial charge in [0.1, 0.15) is 0 Å². The summed E-state index contributed by atoms with van der Waals surface area (Å²) in [4.78, 5) is 33.7. The van der Waals surface area contributed by atoms with Crippen molar-refractivity contribution in [2.45, 2.75) is 58.0 Å².